The second-order valence-electron chi connectivity index (χ2n) is 8.26. The molecule has 0 amide bonds. The van der Waals surface area contributed by atoms with E-state index in [1.165, 1.54) is 30.5 Å². The molecule has 24 heavy (non-hydrogen) atoms. The summed E-state index contributed by atoms with van der Waals surface area (Å²) in [6.45, 7) is 14.4. The van der Waals surface area contributed by atoms with Crippen molar-refractivity contribution >= 4 is 16.7 Å². The third-order valence-electron chi connectivity index (χ3n) is 5.43. The van der Waals surface area contributed by atoms with E-state index in [1.54, 1.807) is 0 Å². The predicted molar refractivity (Wildman–Crippen MR) is 103 cm³/mol. The number of nitrogens with zero attached hydrogens (tertiary/aromatic N) is 1. The highest BCUT2D eigenvalue weighted by Crippen LogP contribution is 2.38. The summed E-state index contributed by atoms with van der Waals surface area (Å²) in [4.78, 5) is 8.41. The fourth-order valence-electron chi connectivity index (χ4n) is 3.68. The molecule has 2 heterocycles. The van der Waals surface area contributed by atoms with E-state index in [-0.39, 0.29) is 0 Å². The van der Waals surface area contributed by atoms with Crippen molar-refractivity contribution in [3.8, 4) is 0 Å². The Morgan fingerprint density at radius 2 is 2.21 bits per heavy atom. The van der Waals surface area contributed by atoms with E-state index < -0.39 is 0 Å². The number of aryl methyl sites for hydroxylation is 1. The summed E-state index contributed by atoms with van der Waals surface area (Å²) >= 11 is 0. The Labute approximate surface area is 146 Å². The van der Waals surface area contributed by atoms with Crippen LogP contribution in [0.2, 0.25) is 0 Å². The molecule has 0 radical (unpaired) electrons. The number of fused-ring (bicyclic) bond motifs is 2. The predicted octanol–water partition coefficient (Wildman–Crippen LogP) is 5.07. The highest BCUT2D eigenvalue weighted by atomic mass is 14.9. The molecule has 2 N–H and O–H groups in total. The van der Waals surface area contributed by atoms with Crippen LogP contribution in [0.25, 0.3) is 16.7 Å². The number of pyridine rings is 1. The van der Waals surface area contributed by atoms with Crippen molar-refractivity contribution in [3.63, 3.8) is 0 Å². The van der Waals surface area contributed by atoms with Gasteiger partial charge in [-0.05, 0) is 48.6 Å². The average molecular weight is 326 g/mol. The second kappa shape index (κ2) is 6.62. The van der Waals surface area contributed by atoms with Crippen molar-refractivity contribution in [2.45, 2.75) is 59.8 Å². The van der Waals surface area contributed by atoms with Crippen LogP contribution < -0.4 is 5.32 Å². The summed E-state index contributed by atoms with van der Waals surface area (Å²) in [5, 5.41) is 3.43. The average Bonchev–Trinajstić information content (AvgIpc) is 2.94. The minimum absolute atomic E-state index is 0.366. The first-order valence-corrected chi connectivity index (χ1v) is 9.33. The lowest BCUT2D eigenvalue weighted by Gasteiger charge is -2.34. The first kappa shape index (κ1) is 17.1. The number of rotatable bonds is 5. The Hall–Kier alpha value is -1.77. The molecular formula is C21H31N3. The summed E-state index contributed by atoms with van der Waals surface area (Å²) in [5.74, 6) is 0.740. The molecule has 3 heteroatoms. The highest BCUT2D eigenvalue weighted by Gasteiger charge is 2.29. The number of nitrogens with one attached hydrogen (secondary N) is 2. The van der Waals surface area contributed by atoms with Gasteiger partial charge < -0.3 is 10.3 Å². The molecule has 2 aromatic rings. The highest BCUT2D eigenvalue weighted by molar-refractivity contribution is 5.89. The molecule has 0 spiro atoms. The number of aromatic nitrogens is 2. The molecule has 1 atom stereocenters. The number of aromatic amines is 1. The number of hydrogen-bond donors (Lipinski definition) is 2. The molecule has 0 saturated carbocycles. The molecular weight excluding hydrogens is 294 g/mol. The zero-order valence-corrected chi connectivity index (χ0v) is 15.6. The monoisotopic (exact) mass is 325 g/mol. The molecule has 0 saturated heterocycles. The standard InChI is InChI=1S/C21H31N3/c1-6-7-10-22-14(2)17-13-23-19-12-15-11-16(21(3,4)5)8-9-18(15)24-20(17)19/h12-13,16,22-23H,2,6-11H2,1,3-5H3. The van der Waals surface area contributed by atoms with Gasteiger partial charge in [0.15, 0.2) is 0 Å². The molecule has 130 valence electrons. The third kappa shape index (κ3) is 3.35. The maximum Gasteiger partial charge on any atom is 0.0975 e. The molecule has 3 rings (SSSR count). The van der Waals surface area contributed by atoms with Crippen LogP contribution in [0.3, 0.4) is 0 Å². The largest absolute Gasteiger partial charge is 0.385 e. The van der Waals surface area contributed by atoms with Crippen molar-refractivity contribution in [2.24, 2.45) is 11.3 Å². The van der Waals surface area contributed by atoms with Gasteiger partial charge in [0.25, 0.3) is 0 Å². The van der Waals surface area contributed by atoms with Gasteiger partial charge in [-0.1, -0.05) is 40.7 Å². The number of unbranched alkanes of at least 4 members (excludes halogenated alkanes) is 1. The summed E-state index contributed by atoms with van der Waals surface area (Å²) < 4.78 is 0. The Balaban J connectivity index is 1.86. The van der Waals surface area contributed by atoms with E-state index in [9.17, 15) is 0 Å². The maximum absolute atomic E-state index is 5.01. The topological polar surface area (TPSA) is 40.7 Å². The van der Waals surface area contributed by atoms with E-state index in [2.05, 4.69) is 50.6 Å². The van der Waals surface area contributed by atoms with Crippen molar-refractivity contribution in [3.05, 3.63) is 35.7 Å². The molecule has 0 aromatic carbocycles. The number of H-pyrrole nitrogens is 1. The SMILES string of the molecule is C=C(NCCCC)c1c[nH]c2cc3c(nc12)CCC(C(C)(C)C)C3. The third-order valence-corrected chi connectivity index (χ3v) is 5.43. The van der Waals surface area contributed by atoms with E-state index in [4.69, 9.17) is 4.98 Å². The normalized spacial score (nSPS) is 17.8. The Morgan fingerprint density at radius 1 is 1.42 bits per heavy atom. The summed E-state index contributed by atoms with van der Waals surface area (Å²) in [7, 11) is 0. The lowest BCUT2D eigenvalue weighted by Crippen LogP contribution is -2.27. The van der Waals surface area contributed by atoms with Crippen molar-refractivity contribution in [1.29, 1.82) is 0 Å². The summed E-state index contributed by atoms with van der Waals surface area (Å²) in [5.41, 5.74) is 7.36. The van der Waals surface area contributed by atoms with Crippen LogP contribution in [0.4, 0.5) is 0 Å². The zero-order valence-electron chi connectivity index (χ0n) is 15.6. The van der Waals surface area contributed by atoms with Crippen LogP contribution in [0.1, 0.15) is 63.8 Å². The van der Waals surface area contributed by atoms with Gasteiger partial charge >= 0.3 is 0 Å². The lowest BCUT2D eigenvalue weighted by atomic mass is 9.71. The van der Waals surface area contributed by atoms with Crippen molar-refractivity contribution in [2.75, 3.05) is 6.54 Å². The van der Waals surface area contributed by atoms with E-state index in [0.717, 1.165) is 47.6 Å². The van der Waals surface area contributed by atoms with Gasteiger partial charge in [0.2, 0.25) is 0 Å². The van der Waals surface area contributed by atoms with Gasteiger partial charge in [0, 0.05) is 29.7 Å². The first-order chi connectivity index (χ1) is 11.4. The van der Waals surface area contributed by atoms with Crippen molar-refractivity contribution < 1.29 is 0 Å². The molecule has 0 aliphatic heterocycles. The van der Waals surface area contributed by atoms with E-state index >= 15 is 0 Å². The van der Waals surface area contributed by atoms with Gasteiger partial charge in [0.1, 0.15) is 0 Å². The van der Waals surface area contributed by atoms with Crippen molar-refractivity contribution in [1.82, 2.24) is 15.3 Å². The molecule has 1 unspecified atom stereocenters. The molecule has 3 nitrogen and oxygen atoms in total. The first-order valence-electron chi connectivity index (χ1n) is 9.33. The van der Waals surface area contributed by atoms with Gasteiger partial charge in [-0.2, -0.15) is 0 Å². The Bertz CT molecular complexity index is 733. The van der Waals surface area contributed by atoms with E-state index in [1.807, 2.05) is 6.20 Å². The van der Waals surface area contributed by atoms with Gasteiger partial charge in [-0.15, -0.1) is 0 Å². The lowest BCUT2D eigenvalue weighted by molar-refractivity contribution is 0.215. The van der Waals surface area contributed by atoms with Crippen LogP contribution in [-0.2, 0) is 12.8 Å². The second-order valence-corrected chi connectivity index (χ2v) is 8.26. The van der Waals surface area contributed by atoms with Crippen LogP contribution in [-0.4, -0.2) is 16.5 Å². The minimum Gasteiger partial charge on any atom is -0.385 e. The number of hydrogen-bond acceptors (Lipinski definition) is 2. The van der Waals surface area contributed by atoms with Gasteiger partial charge in [-0.3, -0.25) is 4.98 Å². The van der Waals surface area contributed by atoms with Crippen LogP contribution in [0.5, 0.6) is 0 Å². The maximum atomic E-state index is 5.01. The van der Waals surface area contributed by atoms with Crippen LogP contribution in [0, 0.1) is 11.3 Å². The van der Waals surface area contributed by atoms with Crippen LogP contribution >= 0.6 is 0 Å². The van der Waals surface area contributed by atoms with E-state index in [0.29, 0.717) is 5.41 Å². The smallest absolute Gasteiger partial charge is 0.0975 e. The Kier molecular flexibility index (Phi) is 4.71. The van der Waals surface area contributed by atoms with Gasteiger partial charge in [0.05, 0.1) is 11.0 Å². The fourth-order valence-corrected chi connectivity index (χ4v) is 3.68. The molecule has 0 fully saturated rings. The molecule has 2 aromatic heterocycles. The van der Waals surface area contributed by atoms with Crippen LogP contribution in [0.15, 0.2) is 18.8 Å². The zero-order chi connectivity index (χ0) is 17.3. The Morgan fingerprint density at radius 3 is 2.92 bits per heavy atom. The molecule has 0 bridgehead atoms. The minimum atomic E-state index is 0.366. The summed E-state index contributed by atoms with van der Waals surface area (Å²) in [6.07, 6.45) is 7.88. The summed E-state index contributed by atoms with van der Waals surface area (Å²) in [6, 6.07) is 2.32. The van der Waals surface area contributed by atoms with Gasteiger partial charge in [-0.25, -0.2) is 0 Å². The molecule has 1 aliphatic rings. The quantitative estimate of drug-likeness (QED) is 0.753. The molecule has 1 aliphatic carbocycles. The fraction of sp³-hybridized carbons (Fsp3) is 0.571.